The minimum atomic E-state index is -0.0869. The quantitative estimate of drug-likeness (QED) is 0.850. The molecule has 3 heterocycles. The summed E-state index contributed by atoms with van der Waals surface area (Å²) in [4.78, 5) is 19.1. The SMILES string of the molecule is Cc1nc(C2COCCN2C(=O)c2cccn2C)cs1. The Morgan fingerprint density at radius 1 is 1.55 bits per heavy atom. The van der Waals surface area contributed by atoms with Crippen LogP contribution in [-0.4, -0.2) is 40.1 Å². The van der Waals surface area contributed by atoms with E-state index in [9.17, 15) is 4.79 Å². The molecule has 5 nitrogen and oxygen atoms in total. The number of aromatic nitrogens is 2. The van der Waals surface area contributed by atoms with Gasteiger partial charge in [-0.1, -0.05) is 0 Å². The minimum absolute atomic E-state index is 0.0384. The van der Waals surface area contributed by atoms with Gasteiger partial charge in [0.2, 0.25) is 0 Å². The summed E-state index contributed by atoms with van der Waals surface area (Å²) in [7, 11) is 1.88. The van der Waals surface area contributed by atoms with E-state index in [1.807, 2.05) is 47.1 Å². The highest BCUT2D eigenvalue weighted by atomic mass is 32.1. The third kappa shape index (κ3) is 2.36. The van der Waals surface area contributed by atoms with E-state index in [-0.39, 0.29) is 11.9 Å². The van der Waals surface area contributed by atoms with E-state index in [0.717, 1.165) is 10.7 Å². The maximum absolute atomic E-state index is 12.7. The standard InChI is InChI=1S/C14H17N3O2S/c1-10-15-11(9-20-10)13-8-19-7-6-17(13)14(18)12-4-3-5-16(12)2/h3-5,9,13H,6-8H2,1-2H3. The van der Waals surface area contributed by atoms with Gasteiger partial charge in [-0.25, -0.2) is 4.98 Å². The van der Waals surface area contributed by atoms with Crippen molar-refractivity contribution in [1.29, 1.82) is 0 Å². The van der Waals surface area contributed by atoms with Gasteiger partial charge >= 0.3 is 0 Å². The van der Waals surface area contributed by atoms with Gasteiger partial charge < -0.3 is 14.2 Å². The Morgan fingerprint density at radius 2 is 2.40 bits per heavy atom. The summed E-state index contributed by atoms with van der Waals surface area (Å²) in [6.45, 7) is 3.67. The molecule has 0 aliphatic carbocycles. The number of carbonyl (C=O) groups excluding carboxylic acids is 1. The van der Waals surface area contributed by atoms with Crippen molar-refractivity contribution in [2.24, 2.45) is 7.05 Å². The molecule has 0 aromatic carbocycles. The lowest BCUT2D eigenvalue weighted by Crippen LogP contribution is -2.44. The molecule has 3 rings (SSSR count). The van der Waals surface area contributed by atoms with Crippen LogP contribution in [0.25, 0.3) is 0 Å². The Morgan fingerprint density at radius 3 is 3.05 bits per heavy atom. The highest BCUT2D eigenvalue weighted by Crippen LogP contribution is 2.27. The molecule has 2 aromatic heterocycles. The molecule has 1 aliphatic rings. The summed E-state index contributed by atoms with van der Waals surface area (Å²) >= 11 is 1.60. The van der Waals surface area contributed by atoms with Gasteiger partial charge in [-0.05, 0) is 19.1 Å². The van der Waals surface area contributed by atoms with Crippen molar-refractivity contribution in [3.05, 3.63) is 40.1 Å². The lowest BCUT2D eigenvalue weighted by molar-refractivity contribution is -0.00425. The van der Waals surface area contributed by atoms with E-state index >= 15 is 0 Å². The van der Waals surface area contributed by atoms with Crippen molar-refractivity contribution in [3.8, 4) is 0 Å². The second-order valence-corrected chi connectivity index (χ2v) is 5.95. The van der Waals surface area contributed by atoms with Crippen LogP contribution < -0.4 is 0 Å². The molecule has 0 bridgehead atoms. The number of morpholine rings is 1. The van der Waals surface area contributed by atoms with Crippen molar-refractivity contribution in [3.63, 3.8) is 0 Å². The first-order valence-corrected chi connectivity index (χ1v) is 7.47. The lowest BCUT2D eigenvalue weighted by atomic mass is 10.1. The Kier molecular flexibility index (Phi) is 3.58. The van der Waals surface area contributed by atoms with Gasteiger partial charge in [-0.15, -0.1) is 11.3 Å². The largest absolute Gasteiger partial charge is 0.377 e. The lowest BCUT2D eigenvalue weighted by Gasteiger charge is -2.34. The van der Waals surface area contributed by atoms with E-state index in [0.29, 0.717) is 25.5 Å². The number of nitrogens with zero attached hydrogens (tertiary/aromatic N) is 3. The average Bonchev–Trinajstić information content (AvgIpc) is 3.07. The van der Waals surface area contributed by atoms with Gasteiger partial charge in [-0.3, -0.25) is 4.79 Å². The maximum Gasteiger partial charge on any atom is 0.271 e. The van der Waals surface area contributed by atoms with Crippen molar-refractivity contribution in [1.82, 2.24) is 14.5 Å². The van der Waals surface area contributed by atoms with Crippen LogP contribution in [0.2, 0.25) is 0 Å². The van der Waals surface area contributed by atoms with E-state index in [2.05, 4.69) is 4.98 Å². The fourth-order valence-electron chi connectivity index (χ4n) is 2.46. The molecular weight excluding hydrogens is 274 g/mol. The molecule has 1 aliphatic heterocycles. The molecule has 1 saturated heterocycles. The number of rotatable bonds is 2. The average molecular weight is 291 g/mol. The zero-order chi connectivity index (χ0) is 14.1. The highest BCUT2D eigenvalue weighted by Gasteiger charge is 2.31. The predicted molar refractivity (Wildman–Crippen MR) is 76.9 cm³/mol. The fraction of sp³-hybridized carbons (Fsp3) is 0.429. The number of ether oxygens (including phenoxy) is 1. The minimum Gasteiger partial charge on any atom is -0.377 e. The molecule has 1 unspecified atom stereocenters. The Bertz CT molecular complexity index is 619. The Hall–Kier alpha value is -1.66. The van der Waals surface area contributed by atoms with Crippen molar-refractivity contribution in [2.45, 2.75) is 13.0 Å². The number of thiazole rings is 1. The number of carbonyl (C=O) groups is 1. The van der Waals surface area contributed by atoms with Crippen LogP contribution in [0.4, 0.5) is 0 Å². The van der Waals surface area contributed by atoms with Gasteiger partial charge in [0.25, 0.3) is 5.91 Å². The first-order valence-electron chi connectivity index (χ1n) is 6.59. The summed E-state index contributed by atoms with van der Waals surface area (Å²) in [6, 6.07) is 3.65. The second kappa shape index (κ2) is 5.38. The normalized spacial score (nSPS) is 19.3. The topological polar surface area (TPSA) is 47.4 Å². The first-order chi connectivity index (χ1) is 9.66. The van der Waals surface area contributed by atoms with Crippen LogP contribution in [0.3, 0.4) is 0 Å². The molecule has 20 heavy (non-hydrogen) atoms. The van der Waals surface area contributed by atoms with E-state index in [1.54, 1.807) is 11.3 Å². The molecule has 0 radical (unpaired) electrons. The number of hydrogen-bond acceptors (Lipinski definition) is 4. The molecule has 0 saturated carbocycles. The fourth-order valence-corrected chi connectivity index (χ4v) is 3.11. The molecule has 0 spiro atoms. The third-order valence-electron chi connectivity index (χ3n) is 3.53. The maximum atomic E-state index is 12.7. The first kappa shape index (κ1) is 13.3. The van der Waals surface area contributed by atoms with Crippen LogP contribution in [0.5, 0.6) is 0 Å². The Balaban J connectivity index is 1.89. The van der Waals surface area contributed by atoms with Crippen LogP contribution in [0.15, 0.2) is 23.7 Å². The van der Waals surface area contributed by atoms with E-state index in [4.69, 9.17) is 4.74 Å². The second-order valence-electron chi connectivity index (χ2n) is 4.88. The molecular formula is C14H17N3O2S. The van der Waals surface area contributed by atoms with Gasteiger partial charge in [0, 0.05) is 25.2 Å². The Labute approximate surface area is 121 Å². The van der Waals surface area contributed by atoms with Gasteiger partial charge in [0.15, 0.2) is 0 Å². The third-order valence-corrected chi connectivity index (χ3v) is 4.32. The summed E-state index contributed by atoms with van der Waals surface area (Å²) in [5.74, 6) is 0.0384. The molecule has 2 aromatic rings. The number of aryl methyl sites for hydroxylation is 2. The summed E-state index contributed by atoms with van der Waals surface area (Å²) in [5, 5.41) is 3.02. The smallest absolute Gasteiger partial charge is 0.271 e. The molecule has 106 valence electrons. The summed E-state index contributed by atoms with van der Waals surface area (Å²) in [5.41, 5.74) is 1.62. The monoisotopic (exact) mass is 291 g/mol. The van der Waals surface area contributed by atoms with Crippen LogP contribution in [0.1, 0.15) is 27.2 Å². The van der Waals surface area contributed by atoms with Crippen molar-refractivity contribution in [2.75, 3.05) is 19.8 Å². The van der Waals surface area contributed by atoms with Crippen LogP contribution in [-0.2, 0) is 11.8 Å². The van der Waals surface area contributed by atoms with Gasteiger partial charge in [-0.2, -0.15) is 0 Å². The van der Waals surface area contributed by atoms with Gasteiger partial charge in [0.1, 0.15) is 5.69 Å². The van der Waals surface area contributed by atoms with E-state index in [1.165, 1.54) is 0 Å². The van der Waals surface area contributed by atoms with Crippen molar-refractivity contribution < 1.29 is 9.53 Å². The molecule has 0 N–H and O–H groups in total. The molecule has 6 heteroatoms. The zero-order valence-electron chi connectivity index (χ0n) is 11.6. The zero-order valence-corrected chi connectivity index (χ0v) is 12.4. The van der Waals surface area contributed by atoms with Gasteiger partial charge in [0.05, 0.1) is 30.0 Å². The molecule has 1 amide bonds. The summed E-state index contributed by atoms with van der Waals surface area (Å²) in [6.07, 6.45) is 1.88. The van der Waals surface area contributed by atoms with E-state index < -0.39 is 0 Å². The highest BCUT2D eigenvalue weighted by molar-refractivity contribution is 7.09. The van der Waals surface area contributed by atoms with Crippen LogP contribution >= 0.6 is 11.3 Å². The summed E-state index contributed by atoms with van der Waals surface area (Å²) < 4.78 is 7.39. The predicted octanol–water partition coefficient (Wildman–Crippen LogP) is 2.00. The molecule has 1 atom stereocenters. The number of amides is 1. The molecule has 1 fully saturated rings. The number of hydrogen-bond donors (Lipinski definition) is 0. The van der Waals surface area contributed by atoms with Crippen molar-refractivity contribution >= 4 is 17.2 Å². The van der Waals surface area contributed by atoms with Crippen LogP contribution in [0, 0.1) is 6.92 Å².